The molecule has 0 unspecified atom stereocenters. The molecule has 0 fully saturated rings. The van der Waals surface area contributed by atoms with Gasteiger partial charge in [-0.2, -0.15) is 0 Å². The van der Waals surface area contributed by atoms with E-state index in [0.717, 1.165) is 17.0 Å². The van der Waals surface area contributed by atoms with Crippen molar-refractivity contribution in [1.82, 2.24) is 0 Å². The van der Waals surface area contributed by atoms with Gasteiger partial charge in [-0.15, -0.1) is 11.8 Å². The van der Waals surface area contributed by atoms with Crippen LogP contribution in [-0.2, 0) is 10.5 Å². The van der Waals surface area contributed by atoms with E-state index in [0.29, 0.717) is 11.4 Å². The maximum absolute atomic E-state index is 11.3. The first-order chi connectivity index (χ1) is 9.69. The molecule has 0 aliphatic rings. The number of thioether (sulfide) groups is 1. The largest absolute Gasteiger partial charge is 0.326 e. The summed E-state index contributed by atoms with van der Waals surface area (Å²) in [6.07, 6.45) is 0.462. The van der Waals surface area contributed by atoms with Crippen molar-refractivity contribution in [3.63, 3.8) is 0 Å². The number of hydrogen-bond donors (Lipinski definition) is 1. The molecule has 2 aromatic rings. The molecule has 0 atom stereocenters. The molecule has 2 rings (SSSR count). The van der Waals surface area contributed by atoms with Crippen molar-refractivity contribution in [2.24, 2.45) is 0 Å². The molecule has 0 saturated heterocycles. The Balaban J connectivity index is 2.01. The fraction of sp³-hybridized carbons (Fsp3) is 0.188. The Morgan fingerprint density at radius 1 is 1.20 bits per heavy atom. The van der Waals surface area contributed by atoms with Crippen molar-refractivity contribution in [1.29, 1.82) is 0 Å². The minimum atomic E-state index is -0.00697. The van der Waals surface area contributed by atoms with Crippen LogP contribution in [0.15, 0.2) is 53.4 Å². The second-order valence-corrected chi connectivity index (χ2v) is 5.77. The predicted octanol–water partition coefficient (Wildman–Crippen LogP) is 4.98. The lowest BCUT2D eigenvalue weighted by atomic mass is 10.2. The smallest absolute Gasteiger partial charge is 0.224 e. The Morgan fingerprint density at radius 2 is 1.95 bits per heavy atom. The molecule has 0 saturated carbocycles. The van der Waals surface area contributed by atoms with Crippen molar-refractivity contribution >= 4 is 35.0 Å². The van der Waals surface area contributed by atoms with Gasteiger partial charge in [0.15, 0.2) is 0 Å². The molecule has 2 nitrogen and oxygen atoms in total. The number of amides is 1. The minimum Gasteiger partial charge on any atom is -0.326 e. The van der Waals surface area contributed by atoms with Crippen LogP contribution in [0.3, 0.4) is 0 Å². The highest BCUT2D eigenvalue weighted by molar-refractivity contribution is 7.98. The van der Waals surface area contributed by atoms with Gasteiger partial charge in [-0.3, -0.25) is 4.79 Å². The first kappa shape index (κ1) is 14.9. The SMILES string of the molecule is CCC(=O)Nc1ccc(CSc2ccccc2)c(Cl)c1. The molecule has 0 aliphatic heterocycles. The maximum atomic E-state index is 11.3. The van der Waals surface area contributed by atoms with E-state index in [1.807, 2.05) is 37.3 Å². The summed E-state index contributed by atoms with van der Waals surface area (Å²) < 4.78 is 0. The number of rotatable bonds is 5. The quantitative estimate of drug-likeness (QED) is 0.789. The Bertz CT molecular complexity index is 586. The normalized spacial score (nSPS) is 10.3. The highest BCUT2D eigenvalue weighted by atomic mass is 35.5. The van der Waals surface area contributed by atoms with Gasteiger partial charge in [-0.25, -0.2) is 0 Å². The van der Waals surface area contributed by atoms with E-state index in [-0.39, 0.29) is 5.91 Å². The number of carbonyl (C=O) groups is 1. The van der Waals surface area contributed by atoms with Gasteiger partial charge in [0.2, 0.25) is 5.91 Å². The molecule has 0 radical (unpaired) electrons. The fourth-order valence-electron chi connectivity index (χ4n) is 1.67. The molecular weight excluding hydrogens is 290 g/mol. The van der Waals surface area contributed by atoms with E-state index >= 15 is 0 Å². The third-order valence-electron chi connectivity index (χ3n) is 2.80. The maximum Gasteiger partial charge on any atom is 0.224 e. The van der Waals surface area contributed by atoms with Gasteiger partial charge in [0, 0.05) is 27.8 Å². The monoisotopic (exact) mass is 305 g/mol. The van der Waals surface area contributed by atoms with Crippen molar-refractivity contribution < 1.29 is 4.79 Å². The van der Waals surface area contributed by atoms with Gasteiger partial charge in [0.1, 0.15) is 0 Å². The van der Waals surface area contributed by atoms with Gasteiger partial charge >= 0.3 is 0 Å². The van der Waals surface area contributed by atoms with Crippen LogP contribution in [0.4, 0.5) is 5.69 Å². The van der Waals surface area contributed by atoms with Crippen LogP contribution in [0.2, 0.25) is 5.02 Å². The summed E-state index contributed by atoms with van der Waals surface area (Å²) in [6, 6.07) is 15.9. The summed E-state index contributed by atoms with van der Waals surface area (Å²) in [4.78, 5) is 12.5. The lowest BCUT2D eigenvalue weighted by molar-refractivity contribution is -0.115. The fourth-order valence-corrected chi connectivity index (χ4v) is 2.92. The zero-order valence-electron chi connectivity index (χ0n) is 11.2. The second-order valence-electron chi connectivity index (χ2n) is 4.31. The molecular formula is C16H16ClNOS. The number of halogens is 1. The lowest BCUT2D eigenvalue weighted by Crippen LogP contribution is -2.09. The van der Waals surface area contributed by atoms with Crippen LogP contribution in [-0.4, -0.2) is 5.91 Å². The number of anilines is 1. The van der Waals surface area contributed by atoms with Gasteiger partial charge in [0.05, 0.1) is 0 Å². The van der Waals surface area contributed by atoms with Crippen LogP contribution >= 0.6 is 23.4 Å². The van der Waals surface area contributed by atoms with Crippen molar-refractivity contribution in [3.05, 3.63) is 59.1 Å². The Kier molecular flexibility index (Phi) is 5.50. The number of benzene rings is 2. The van der Waals surface area contributed by atoms with Gasteiger partial charge in [0.25, 0.3) is 0 Å². The van der Waals surface area contributed by atoms with E-state index in [1.54, 1.807) is 17.8 Å². The summed E-state index contributed by atoms with van der Waals surface area (Å²) in [5, 5.41) is 3.49. The number of hydrogen-bond acceptors (Lipinski definition) is 2. The molecule has 104 valence electrons. The van der Waals surface area contributed by atoms with Crippen LogP contribution < -0.4 is 5.32 Å². The van der Waals surface area contributed by atoms with E-state index in [4.69, 9.17) is 11.6 Å². The third-order valence-corrected chi connectivity index (χ3v) is 4.21. The second kappa shape index (κ2) is 7.36. The predicted molar refractivity (Wildman–Crippen MR) is 86.4 cm³/mol. The molecule has 1 amide bonds. The Hall–Kier alpha value is -1.45. The van der Waals surface area contributed by atoms with Crippen molar-refractivity contribution in [2.45, 2.75) is 24.0 Å². The molecule has 0 aromatic heterocycles. The number of carbonyl (C=O) groups excluding carboxylic acids is 1. The highest BCUT2D eigenvalue weighted by Crippen LogP contribution is 2.28. The molecule has 20 heavy (non-hydrogen) atoms. The minimum absolute atomic E-state index is 0.00697. The van der Waals surface area contributed by atoms with Crippen LogP contribution in [0, 0.1) is 0 Å². The zero-order valence-corrected chi connectivity index (χ0v) is 12.8. The standard InChI is InChI=1S/C16H16ClNOS/c1-2-16(19)18-13-9-8-12(15(17)10-13)11-20-14-6-4-3-5-7-14/h3-10H,2,11H2,1H3,(H,18,19). The van der Waals surface area contributed by atoms with Crippen LogP contribution in [0.1, 0.15) is 18.9 Å². The number of nitrogens with one attached hydrogen (secondary N) is 1. The zero-order chi connectivity index (χ0) is 14.4. The van der Waals surface area contributed by atoms with Gasteiger partial charge < -0.3 is 5.32 Å². The first-order valence-corrected chi connectivity index (χ1v) is 7.81. The third kappa shape index (κ3) is 4.29. The molecule has 0 aliphatic carbocycles. The van der Waals surface area contributed by atoms with E-state index in [9.17, 15) is 4.79 Å². The van der Waals surface area contributed by atoms with Crippen LogP contribution in [0.5, 0.6) is 0 Å². The van der Waals surface area contributed by atoms with E-state index in [2.05, 4.69) is 17.4 Å². The van der Waals surface area contributed by atoms with Gasteiger partial charge in [-0.05, 0) is 29.8 Å². The molecule has 1 N–H and O–H groups in total. The summed E-state index contributed by atoms with van der Waals surface area (Å²) in [5.74, 6) is 0.803. The van der Waals surface area contributed by atoms with Crippen LogP contribution in [0.25, 0.3) is 0 Å². The molecule has 2 aromatic carbocycles. The summed E-state index contributed by atoms with van der Waals surface area (Å²) >= 11 is 8.00. The van der Waals surface area contributed by atoms with Crippen molar-refractivity contribution in [3.8, 4) is 0 Å². The first-order valence-electron chi connectivity index (χ1n) is 6.45. The lowest BCUT2D eigenvalue weighted by Gasteiger charge is -2.08. The van der Waals surface area contributed by atoms with E-state index < -0.39 is 0 Å². The molecule has 0 heterocycles. The average molecular weight is 306 g/mol. The van der Waals surface area contributed by atoms with E-state index in [1.165, 1.54) is 4.90 Å². The summed E-state index contributed by atoms with van der Waals surface area (Å²) in [6.45, 7) is 1.82. The average Bonchev–Trinajstić information content (AvgIpc) is 2.47. The Morgan fingerprint density at radius 3 is 2.60 bits per heavy atom. The Labute approximate surface area is 128 Å². The molecule has 4 heteroatoms. The highest BCUT2D eigenvalue weighted by Gasteiger charge is 2.05. The van der Waals surface area contributed by atoms with Crippen molar-refractivity contribution in [2.75, 3.05) is 5.32 Å². The topological polar surface area (TPSA) is 29.1 Å². The summed E-state index contributed by atoms with van der Waals surface area (Å²) in [5.41, 5.74) is 1.81. The van der Waals surface area contributed by atoms with Gasteiger partial charge in [-0.1, -0.05) is 42.8 Å². The summed E-state index contributed by atoms with van der Waals surface area (Å²) in [7, 11) is 0. The molecule has 0 spiro atoms. The molecule has 0 bridgehead atoms.